The van der Waals surface area contributed by atoms with E-state index in [0.717, 1.165) is 15.2 Å². The number of aromatic nitrogens is 1. The molecule has 2 aromatic rings. The third-order valence-electron chi connectivity index (χ3n) is 2.74. The molecule has 2 unspecified atom stereocenters. The van der Waals surface area contributed by atoms with E-state index in [0.29, 0.717) is 0 Å². The first-order valence-electron chi connectivity index (χ1n) is 5.93. The van der Waals surface area contributed by atoms with Crippen molar-refractivity contribution in [2.45, 2.75) is 24.9 Å². The van der Waals surface area contributed by atoms with Crippen molar-refractivity contribution < 1.29 is 14.1 Å². The molecular weight excluding hydrogens is 282 g/mol. The van der Waals surface area contributed by atoms with E-state index in [1.165, 1.54) is 11.3 Å². The van der Waals surface area contributed by atoms with Gasteiger partial charge in [-0.1, -0.05) is 26.0 Å². The molecule has 0 aliphatic rings. The summed E-state index contributed by atoms with van der Waals surface area (Å²) in [5, 5.41) is 9.01. The van der Waals surface area contributed by atoms with Gasteiger partial charge in [-0.25, -0.2) is 4.98 Å². The summed E-state index contributed by atoms with van der Waals surface area (Å²) >= 11 is 1.47. The molecule has 0 radical (unpaired) electrons. The molecule has 0 amide bonds. The van der Waals surface area contributed by atoms with Crippen LogP contribution >= 0.6 is 11.3 Å². The van der Waals surface area contributed by atoms with Gasteiger partial charge in [-0.15, -0.1) is 11.3 Å². The van der Waals surface area contributed by atoms with Crippen molar-refractivity contribution >= 4 is 38.3 Å². The highest BCUT2D eigenvalue weighted by atomic mass is 32.2. The van der Waals surface area contributed by atoms with Crippen LogP contribution in [0.1, 0.15) is 18.9 Å². The number of carboxylic acids is 1. The summed E-state index contributed by atoms with van der Waals surface area (Å²) in [5.41, 5.74) is 0.871. The highest BCUT2D eigenvalue weighted by Crippen LogP contribution is 2.24. The van der Waals surface area contributed by atoms with Crippen molar-refractivity contribution in [3.8, 4) is 0 Å². The lowest BCUT2D eigenvalue weighted by atomic mass is 10.1. The third kappa shape index (κ3) is 3.19. The van der Waals surface area contributed by atoms with E-state index >= 15 is 0 Å². The van der Waals surface area contributed by atoms with Crippen molar-refractivity contribution in [2.75, 3.05) is 0 Å². The van der Waals surface area contributed by atoms with Gasteiger partial charge >= 0.3 is 5.97 Å². The molecule has 0 aliphatic heterocycles. The molecule has 0 saturated heterocycles. The minimum Gasteiger partial charge on any atom is -0.480 e. The number of aliphatic carboxylic acids is 1. The number of rotatable bonds is 5. The Morgan fingerprint density at radius 3 is 2.68 bits per heavy atom. The molecule has 1 N–H and O–H groups in total. The minimum absolute atomic E-state index is 0.160. The van der Waals surface area contributed by atoms with Gasteiger partial charge in [0.25, 0.3) is 0 Å². The van der Waals surface area contributed by atoms with E-state index in [1.807, 2.05) is 24.3 Å². The molecule has 1 aromatic carbocycles. The summed E-state index contributed by atoms with van der Waals surface area (Å²) in [6.07, 6.45) is 0. The Hall–Kier alpha value is -1.27. The van der Waals surface area contributed by atoms with Crippen LogP contribution < -0.4 is 0 Å². The summed E-state index contributed by atoms with van der Waals surface area (Å²) in [6.45, 7) is 3.55. The number of para-hydroxylation sites is 1. The number of hydrogen-bond acceptors (Lipinski definition) is 4. The van der Waals surface area contributed by atoms with Crippen LogP contribution in [0.4, 0.5) is 0 Å². The summed E-state index contributed by atoms with van der Waals surface area (Å²) in [4.78, 5) is 15.5. The third-order valence-corrected chi connectivity index (χ3v) is 5.83. The molecule has 2 rings (SSSR count). The minimum atomic E-state index is -1.45. The zero-order valence-electron chi connectivity index (χ0n) is 10.7. The van der Waals surface area contributed by atoms with Crippen LogP contribution in [-0.2, 0) is 21.3 Å². The first-order chi connectivity index (χ1) is 8.99. The molecule has 0 fully saturated rings. The Morgan fingerprint density at radius 2 is 2.11 bits per heavy atom. The Balaban J connectivity index is 2.20. The molecule has 1 aromatic heterocycles. The number of carbonyl (C=O) groups is 1. The topological polar surface area (TPSA) is 67.3 Å². The molecule has 0 aliphatic carbocycles. The fourth-order valence-electron chi connectivity index (χ4n) is 1.89. The summed E-state index contributed by atoms with van der Waals surface area (Å²) in [7, 11) is -1.45. The van der Waals surface area contributed by atoms with E-state index in [2.05, 4.69) is 4.98 Å². The van der Waals surface area contributed by atoms with Crippen LogP contribution in [0.2, 0.25) is 0 Å². The summed E-state index contributed by atoms with van der Waals surface area (Å²) in [6, 6.07) is 7.68. The highest BCUT2D eigenvalue weighted by molar-refractivity contribution is 7.85. The van der Waals surface area contributed by atoms with Gasteiger partial charge in [-0.05, 0) is 18.1 Å². The molecular formula is C13H15NO3S2. The predicted molar refractivity (Wildman–Crippen MR) is 77.7 cm³/mol. The maximum absolute atomic E-state index is 12.2. The molecule has 1 heterocycles. The number of thiazole rings is 1. The van der Waals surface area contributed by atoms with Gasteiger partial charge < -0.3 is 5.11 Å². The quantitative estimate of drug-likeness (QED) is 0.921. The van der Waals surface area contributed by atoms with Crippen molar-refractivity contribution in [3.63, 3.8) is 0 Å². The molecule has 6 heteroatoms. The molecule has 0 bridgehead atoms. The lowest BCUT2D eigenvalue weighted by Gasteiger charge is -2.14. The molecule has 2 atom stereocenters. The Bertz CT molecular complexity index is 588. The largest absolute Gasteiger partial charge is 0.480 e. The molecule has 4 nitrogen and oxygen atoms in total. The van der Waals surface area contributed by atoms with E-state index < -0.39 is 22.0 Å². The van der Waals surface area contributed by atoms with Gasteiger partial charge in [0.2, 0.25) is 0 Å². The smallest absolute Gasteiger partial charge is 0.319 e. The van der Waals surface area contributed by atoms with Crippen molar-refractivity contribution in [1.29, 1.82) is 0 Å². The van der Waals surface area contributed by atoms with Gasteiger partial charge in [-0.2, -0.15) is 0 Å². The molecule has 102 valence electrons. The Morgan fingerprint density at radius 1 is 1.42 bits per heavy atom. The number of fused-ring (bicyclic) bond motifs is 1. The van der Waals surface area contributed by atoms with Crippen LogP contribution in [0, 0.1) is 5.92 Å². The van der Waals surface area contributed by atoms with Gasteiger partial charge in [0, 0.05) is 10.8 Å². The molecule has 0 spiro atoms. The number of carboxylic acid groups (broad SMARTS) is 1. The standard InChI is InChI=1S/C13H15NO3S2/c1-8(2)12(13(15)16)19(17)7-11-14-9-5-3-4-6-10(9)18-11/h3-6,8,12H,7H2,1-2H3,(H,15,16). The lowest BCUT2D eigenvalue weighted by Crippen LogP contribution is -2.31. The first kappa shape index (κ1) is 14.1. The second-order valence-electron chi connectivity index (χ2n) is 4.60. The Labute approximate surface area is 117 Å². The SMILES string of the molecule is CC(C)C(C(=O)O)S(=O)Cc1nc2ccccc2s1. The lowest BCUT2D eigenvalue weighted by molar-refractivity contribution is -0.137. The summed E-state index contributed by atoms with van der Waals surface area (Å²) < 4.78 is 13.2. The van der Waals surface area contributed by atoms with Crippen LogP contribution in [0.3, 0.4) is 0 Å². The second kappa shape index (κ2) is 5.79. The van der Waals surface area contributed by atoms with Crippen LogP contribution in [0.15, 0.2) is 24.3 Å². The molecule has 19 heavy (non-hydrogen) atoms. The van der Waals surface area contributed by atoms with Gasteiger partial charge in [0.15, 0.2) is 0 Å². The monoisotopic (exact) mass is 297 g/mol. The predicted octanol–water partition coefficient (Wildman–Crippen LogP) is 2.65. The highest BCUT2D eigenvalue weighted by Gasteiger charge is 2.28. The average molecular weight is 297 g/mol. The van der Waals surface area contributed by atoms with Crippen molar-refractivity contribution in [2.24, 2.45) is 5.92 Å². The number of nitrogens with zero attached hydrogens (tertiary/aromatic N) is 1. The number of benzene rings is 1. The first-order valence-corrected chi connectivity index (χ1v) is 8.13. The van der Waals surface area contributed by atoms with E-state index in [1.54, 1.807) is 13.8 Å². The van der Waals surface area contributed by atoms with E-state index in [9.17, 15) is 9.00 Å². The fourth-order valence-corrected chi connectivity index (χ4v) is 4.56. The summed E-state index contributed by atoms with van der Waals surface area (Å²) in [5.74, 6) is -0.962. The normalized spacial score (nSPS) is 14.7. The van der Waals surface area contributed by atoms with Gasteiger partial charge in [-0.3, -0.25) is 9.00 Å². The van der Waals surface area contributed by atoms with Gasteiger partial charge in [0.1, 0.15) is 10.3 Å². The van der Waals surface area contributed by atoms with Crippen molar-refractivity contribution in [3.05, 3.63) is 29.3 Å². The van der Waals surface area contributed by atoms with Crippen LogP contribution in [0.25, 0.3) is 10.2 Å². The fraction of sp³-hybridized carbons (Fsp3) is 0.385. The zero-order valence-corrected chi connectivity index (χ0v) is 12.3. The van der Waals surface area contributed by atoms with Gasteiger partial charge in [0.05, 0.1) is 16.0 Å². The van der Waals surface area contributed by atoms with E-state index in [-0.39, 0.29) is 11.7 Å². The van der Waals surface area contributed by atoms with Crippen molar-refractivity contribution in [1.82, 2.24) is 4.98 Å². The van der Waals surface area contributed by atoms with Crippen LogP contribution in [-0.4, -0.2) is 25.5 Å². The average Bonchev–Trinajstić information content (AvgIpc) is 2.69. The molecule has 0 saturated carbocycles. The van der Waals surface area contributed by atoms with Crippen LogP contribution in [0.5, 0.6) is 0 Å². The maximum atomic E-state index is 12.2. The zero-order chi connectivity index (χ0) is 14.0. The number of hydrogen-bond donors (Lipinski definition) is 1. The second-order valence-corrected chi connectivity index (χ2v) is 7.28. The maximum Gasteiger partial charge on any atom is 0.319 e. The van der Waals surface area contributed by atoms with E-state index in [4.69, 9.17) is 5.11 Å². The Kier molecular flexibility index (Phi) is 4.31.